The Morgan fingerprint density at radius 3 is 2.18 bits per heavy atom. The van der Waals surface area contributed by atoms with Gasteiger partial charge in [0.05, 0.1) is 0 Å². The molecule has 0 spiro atoms. The summed E-state index contributed by atoms with van der Waals surface area (Å²) in [6.45, 7) is 0. The van der Waals surface area contributed by atoms with Crippen LogP contribution >= 0.6 is 23.2 Å². The molecule has 8 heteroatoms. The molecular weight excluding hydrogens is 298 g/mol. The van der Waals surface area contributed by atoms with Gasteiger partial charge in [0.2, 0.25) is 0 Å². The molecule has 1 unspecified atom stereocenters. The molecule has 0 amide bonds. The number of alkyl halides is 2. The Hall–Kier alpha value is 0.670. The maximum absolute atomic E-state index is 10.6. The number of benzene rings is 1. The SMILES string of the molecule is O=S(=O)([O-])C(O)C(Cl)(Cl)Cc1ccccc1.[Na+]. The number of hydrogen-bond donors (Lipinski definition) is 1. The van der Waals surface area contributed by atoms with Crippen molar-refractivity contribution in [2.24, 2.45) is 0 Å². The molecule has 0 radical (unpaired) electrons. The van der Waals surface area contributed by atoms with Gasteiger partial charge in [-0.2, -0.15) is 0 Å². The van der Waals surface area contributed by atoms with Crippen molar-refractivity contribution >= 4 is 33.3 Å². The van der Waals surface area contributed by atoms with Gasteiger partial charge >= 0.3 is 29.6 Å². The molecule has 0 aliphatic carbocycles. The quantitative estimate of drug-likeness (QED) is 0.407. The maximum atomic E-state index is 10.6. The minimum absolute atomic E-state index is 0. The standard InChI is InChI=1S/C9H10Cl2O4S.Na/c10-9(11,8(12)16(13,14)15)6-7-4-2-1-3-5-7;/h1-5,8,12H,6H2,(H,13,14,15);/q;+1/p-1. The summed E-state index contributed by atoms with van der Waals surface area (Å²) >= 11 is 11.3. The first-order valence-electron chi connectivity index (χ1n) is 4.28. The van der Waals surface area contributed by atoms with Crippen LogP contribution in [0.3, 0.4) is 0 Å². The minimum Gasteiger partial charge on any atom is -0.746 e. The second kappa shape index (κ2) is 6.73. The van der Waals surface area contributed by atoms with Crippen LogP contribution in [0.2, 0.25) is 0 Å². The summed E-state index contributed by atoms with van der Waals surface area (Å²) in [5, 5.41) is 9.21. The van der Waals surface area contributed by atoms with E-state index in [-0.39, 0.29) is 36.0 Å². The molecule has 4 nitrogen and oxygen atoms in total. The topological polar surface area (TPSA) is 77.4 Å². The van der Waals surface area contributed by atoms with Crippen molar-refractivity contribution in [2.45, 2.75) is 16.2 Å². The maximum Gasteiger partial charge on any atom is 1.00 e. The zero-order valence-electron chi connectivity index (χ0n) is 9.01. The molecule has 0 heterocycles. The molecule has 0 bridgehead atoms. The third kappa shape index (κ3) is 5.44. The Balaban J connectivity index is 0.00000256. The van der Waals surface area contributed by atoms with E-state index < -0.39 is 19.9 Å². The molecule has 1 aromatic carbocycles. The Labute approximate surface area is 132 Å². The van der Waals surface area contributed by atoms with E-state index >= 15 is 0 Å². The monoisotopic (exact) mass is 306 g/mol. The predicted molar refractivity (Wildman–Crippen MR) is 60.3 cm³/mol. The Bertz CT molecular complexity index is 449. The Kier molecular flexibility index (Phi) is 6.99. The largest absolute Gasteiger partial charge is 1.00 e. The summed E-state index contributed by atoms with van der Waals surface area (Å²) in [6.07, 6.45) is -0.139. The van der Waals surface area contributed by atoms with Crippen LogP contribution in [0.5, 0.6) is 0 Å². The fourth-order valence-electron chi connectivity index (χ4n) is 1.17. The van der Waals surface area contributed by atoms with Gasteiger partial charge in [0.25, 0.3) is 0 Å². The third-order valence-corrected chi connectivity index (χ3v) is 3.81. The van der Waals surface area contributed by atoms with Crippen molar-refractivity contribution < 1.29 is 47.6 Å². The van der Waals surface area contributed by atoms with Gasteiger partial charge in [0.15, 0.2) is 9.77 Å². The number of rotatable bonds is 4. The third-order valence-electron chi connectivity index (χ3n) is 1.92. The van der Waals surface area contributed by atoms with Crippen LogP contribution in [-0.4, -0.2) is 27.8 Å². The zero-order valence-corrected chi connectivity index (χ0v) is 13.3. The molecule has 0 fully saturated rings. The van der Waals surface area contributed by atoms with E-state index in [4.69, 9.17) is 23.2 Å². The summed E-state index contributed by atoms with van der Waals surface area (Å²) in [6, 6.07) is 8.48. The second-order valence-corrected chi connectivity index (χ2v) is 6.24. The molecule has 17 heavy (non-hydrogen) atoms. The summed E-state index contributed by atoms with van der Waals surface area (Å²) in [5.74, 6) is 0. The molecule has 90 valence electrons. The fraction of sp³-hybridized carbons (Fsp3) is 0.333. The van der Waals surface area contributed by atoms with E-state index in [1.165, 1.54) is 0 Å². The summed E-state index contributed by atoms with van der Waals surface area (Å²) in [7, 11) is -4.94. The molecule has 0 saturated carbocycles. The molecular formula is C9H9Cl2NaO4S. The van der Waals surface area contributed by atoms with E-state index in [2.05, 4.69) is 0 Å². The van der Waals surface area contributed by atoms with Gasteiger partial charge in [-0.25, -0.2) is 8.42 Å². The smallest absolute Gasteiger partial charge is 0.746 e. The average Bonchev–Trinajstić information content (AvgIpc) is 2.16. The van der Waals surface area contributed by atoms with E-state index in [0.717, 1.165) is 0 Å². The van der Waals surface area contributed by atoms with Crippen LogP contribution in [0.15, 0.2) is 30.3 Å². The van der Waals surface area contributed by atoms with Gasteiger partial charge in [0.1, 0.15) is 10.1 Å². The molecule has 1 aromatic rings. The van der Waals surface area contributed by atoms with Crippen LogP contribution in [0.1, 0.15) is 5.56 Å². The van der Waals surface area contributed by atoms with Crippen molar-refractivity contribution in [3.05, 3.63) is 35.9 Å². The number of aliphatic hydroxyl groups excluding tert-OH is 1. The van der Waals surface area contributed by atoms with Crippen molar-refractivity contribution in [2.75, 3.05) is 0 Å². The summed E-state index contributed by atoms with van der Waals surface area (Å²) < 4.78 is 29.7. The summed E-state index contributed by atoms with van der Waals surface area (Å²) in [4.78, 5) is 0. The Morgan fingerprint density at radius 1 is 1.29 bits per heavy atom. The normalized spacial score (nSPS) is 13.9. The predicted octanol–water partition coefficient (Wildman–Crippen LogP) is -1.73. The van der Waals surface area contributed by atoms with Crippen molar-refractivity contribution in [3.63, 3.8) is 0 Å². The second-order valence-electron chi connectivity index (χ2n) is 3.27. The Morgan fingerprint density at radius 2 is 1.76 bits per heavy atom. The van der Waals surface area contributed by atoms with Crippen LogP contribution in [-0.2, 0) is 16.5 Å². The van der Waals surface area contributed by atoms with Gasteiger partial charge in [-0.3, -0.25) is 0 Å². The first-order chi connectivity index (χ1) is 7.23. The molecule has 1 rings (SSSR count). The van der Waals surface area contributed by atoms with Crippen molar-refractivity contribution in [3.8, 4) is 0 Å². The van der Waals surface area contributed by atoms with Crippen LogP contribution < -0.4 is 29.6 Å². The van der Waals surface area contributed by atoms with Crippen LogP contribution in [0, 0.1) is 0 Å². The van der Waals surface area contributed by atoms with E-state index in [1.807, 2.05) is 0 Å². The van der Waals surface area contributed by atoms with Gasteiger partial charge in [-0.1, -0.05) is 53.5 Å². The van der Waals surface area contributed by atoms with E-state index in [1.54, 1.807) is 30.3 Å². The van der Waals surface area contributed by atoms with Gasteiger partial charge in [-0.15, -0.1) is 0 Å². The summed E-state index contributed by atoms with van der Waals surface area (Å²) in [5.41, 5.74) is -1.74. The zero-order chi connectivity index (χ0) is 12.4. The van der Waals surface area contributed by atoms with E-state index in [9.17, 15) is 18.1 Å². The van der Waals surface area contributed by atoms with Gasteiger partial charge in [-0.05, 0) is 5.56 Å². The molecule has 1 atom stereocenters. The number of aliphatic hydroxyl groups is 1. The number of hydrogen-bond acceptors (Lipinski definition) is 4. The number of halogens is 2. The van der Waals surface area contributed by atoms with Gasteiger partial charge in [0, 0.05) is 6.42 Å². The fourth-order valence-corrected chi connectivity index (χ4v) is 2.64. The van der Waals surface area contributed by atoms with Crippen LogP contribution in [0.25, 0.3) is 0 Å². The average molecular weight is 307 g/mol. The first-order valence-corrected chi connectivity index (χ1v) is 6.51. The minimum atomic E-state index is -4.94. The molecule has 0 aromatic heterocycles. The van der Waals surface area contributed by atoms with Crippen LogP contribution in [0.4, 0.5) is 0 Å². The molecule has 0 aliphatic rings. The van der Waals surface area contributed by atoms with Gasteiger partial charge < -0.3 is 9.66 Å². The van der Waals surface area contributed by atoms with Crippen molar-refractivity contribution in [1.82, 2.24) is 0 Å². The molecule has 0 aliphatic heterocycles. The molecule has 1 N–H and O–H groups in total. The molecule has 0 saturated heterocycles. The van der Waals surface area contributed by atoms with E-state index in [0.29, 0.717) is 5.56 Å². The first kappa shape index (κ1) is 17.7. The van der Waals surface area contributed by atoms with Crippen molar-refractivity contribution in [1.29, 1.82) is 0 Å².